The first-order chi connectivity index (χ1) is 10.1. The predicted octanol–water partition coefficient (Wildman–Crippen LogP) is 2.97. The van der Waals surface area contributed by atoms with Gasteiger partial charge in [-0.1, -0.05) is 17.4 Å². The highest BCUT2D eigenvalue weighted by molar-refractivity contribution is 7.22. The molecule has 1 N–H and O–H groups in total. The number of halogens is 1. The summed E-state index contributed by atoms with van der Waals surface area (Å²) in [6.07, 6.45) is 1.63. The molecule has 1 aromatic carbocycles. The Kier molecular flexibility index (Phi) is 3.80. The van der Waals surface area contributed by atoms with Gasteiger partial charge in [-0.2, -0.15) is 0 Å². The summed E-state index contributed by atoms with van der Waals surface area (Å²) in [6.45, 7) is 0.126. The summed E-state index contributed by atoms with van der Waals surface area (Å²) in [5.41, 5.74) is 0.338. The standard InChI is InChI=1S/C13H11FN4OS2/c1-18(7-10(19)16-12-15-5-6-20-12)13-17-11-8(14)3-2-4-9(11)21-13/h2-6H,7H2,1H3,(H,15,16,19). The quantitative estimate of drug-likeness (QED) is 0.802. The van der Waals surface area contributed by atoms with Crippen LogP contribution in [0.15, 0.2) is 29.8 Å². The molecule has 3 aromatic rings. The molecule has 0 radical (unpaired) electrons. The number of benzene rings is 1. The van der Waals surface area contributed by atoms with Crippen molar-refractivity contribution in [2.45, 2.75) is 0 Å². The monoisotopic (exact) mass is 322 g/mol. The number of nitrogens with one attached hydrogen (secondary N) is 1. The summed E-state index contributed by atoms with van der Waals surface area (Å²) in [5.74, 6) is -0.539. The predicted molar refractivity (Wildman–Crippen MR) is 83.6 cm³/mol. The number of aromatic nitrogens is 2. The SMILES string of the molecule is CN(CC(=O)Nc1nccs1)c1nc2c(F)cccc2s1. The number of carbonyl (C=O) groups excluding carboxylic acids is 1. The molecule has 0 aliphatic carbocycles. The van der Waals surface area contributed by atoms with E-state index in [0.717, 1.165) is 4.70 Å². The number of thiazole rings is 2. The molecular weight excluding hydrogens is 311 g/mol. The zero-order valence-corrected chi connectivity index (χ0v) is 12.7. The fourth-order valence-electron chi connectivity index (χ4n) is 1.79. The third-order valence-electron chi connectivity index (χ3n) is 2.74. The lowest BCUT2D eigenvalue weighted by Gasteiger charge is -2.14. The van der Waals surface area contributed by atoms with Crippen molar-refractivity contribution in [2.24, 2.45) is 0 Å². The molecule has 2 heterocycles. The van der Waals surface area contributed by atoms with Crippen LogP contribution < -0.4 is 10.2 Å². The van der Waals surface area contributed by atoms with E-state index < -0.39 is 0 Å². The minimum atomic E-state index is -0.351. The summed E-state index contributed by atoms with van der Waals surface area (Å²) in [5, 5.41) is 5.64. The van der Waals surface area contributed by atoms with Gasteiger partial charge in [0.15, 0.2) is 10.3 Å². The van der Waals surface area contributed by atoms with Gasteiger partial charge in [0.05, 0.1) is 11.2 Å². The summed E-state index contributed by atoms with van der Waals surface area (Å²) < 4.78 is 14.4. The number of hydrogen-bond donors (Lipinski definition) is 1. The van der Waals surface area contributed by atoms with Crippen LogP contribution in [0, 0.1) is 5.82 Å². The molecule has 0 unspecified atom stereocenters. The Morgan fingerprint density at radius 1 is 1.48 bits per heavy atom. The van der Waals surface area contributed by atoms with Crippen molar-refractivity contribution in [3.8, 4) is 0 Å². The second kappa shape index (κ2) is 5.74. The van der Waals surface area contributed by atoms with Crippen LogP contribution in [-0.2, 0) is 4.79 Å². The number of hydrogen-bond acceptors (Lipinski definition) is 6. The zero-order valence-electron chi connectivity index (χ0n) is 11.0. The molecule has 8 heteroatoms. The van der Waals surface area contributed by atoms with Crippen molar-refractivity contribution in [3.63, 3.8) is 0 Å². The van der Waals surface area contributed by atoms with Gasteiger partial charge in [0.2, 0.25) is 5.91 Å². The second-order valence-corrected chi connectivity index (χ2v) is 6.23. The Bertz CT molecular complexity index is 772. The van der Waals surface area contributed by atoms with Crippen molar-refractivity contribution in [1.82, 2.24) is 9.97 Å². The van der Waals surface area contributed by atoms with Gasteiger partial charge < -0.3 is 10.2 Å². The maximum atomic E-state index is 13.6. The molecule has 0 fully saturated rings. The number of nitrogens with zero attached hydrogens (tertiary/aromatic N) is 3. The fraction of sp³-hybridized carbons (Fsp3) is 0.154. The number of amides is 1. The van der Waals surface area contributed by atoms with Crippen molar-refractivity contribution in [1.29, 1.82) is 0 Å². The van der Waals surface area contributed by atoms with Crippen LogP contribution in [0.4, 0.5) is 14.7 Å². The first-order valence-corrected chi connectivity index (χ1v) is 7.78. The van der Waals surface area contributed by atoms with Crippen LogP contribution in [-0.4, -0.2) is 29.5 Å². The molecule has 0 spiro atoms. The maximum absolute atomic E-state index is 13.6. The average Bonchev–Trinajstić information content (AvgIpc) is 3.07. The normalized spacial score (nSPS) is 10.8. The van der Waals surface area contributed by atoms with Crippen molar-refractivity contribution < 1.29 is 9.18 Å². The van der Waals surface area contributed by atoms with Crippen molar-refractivity contribution in [3.05, 3.63) is 35.6 Å². The Labute approximate surface area is 128 Å². The van der Waals surface area contributed by atoms with Gasteiger partial charge in [-0.3, -0.25) is 4.79 Å². The Hall–Kier alpha value is -2.06. The summed E-state index contributed by atoms with van der Waals surface area (Å²) in [7, 11) is 1.75. The van der Waals surface area contributed by atoms with E-state index in [1.165, 1.54) is 28.7 Å². The number of rotatable bonds is 4. The zero-order chi connectivity index (χ0) is 14.8. The number of anilines is 2. The summed E-state index contributed by atoms with van der Waals surface area (Å²) in [4.78, 5) is 21.8. The van der Waals surface area contributed by atoms with Gasteiger partial charge >= 0.3 is 0 Å². The van der Waals surface area contributed by atoms with Gasteiger partial charge in [-0.15, -0.1) is 11.3 Å². The number of likely N-dealkylation sites (N-methyl/N-ethyl adjacent to an activating group) is 1. The molecular formula is C13H11FN4OS2. The third kappa shape index (κ3) is 3.01. The third-order valence-corrected chi connectivity index (χ3v) is 4.57. The van der Waals surface area contributed by atoms with Crippen LogP contribution in [0.25, 0.3) is 10.2 Å². The molecule has 2 aromatic heterocycles. The Balaban J connectivity index is 1.73. The van der Waals surface area contributed by atoms with E-state index in [-0.39, 0.29) is 18.3 Å². The average molecular weight is 322 g/mol. The van der Waals surface area contributed by atoms with Crippen molar-refractivity contribution >= 4 is 49.1 Å². The van der Waals surface area contributed by atoms with Crippen LogP contribution >= 0.6 is 22.7 Å². The highest BCUT2D eigenvalue weighted by Gasteiger charge is 2.14. The van der Waals surface area contributed by atoms with E-state index in [9.17, 15) is 9.18 Å². The molecule has 0 saturated carbocycles. The maximum Gasteiger partial charge on any atom is 0.245 e. The minimum absolute atomic E-state index is 0.126. The van der Waals surface area contributed by atoms with Crippen LogP contribution in [0.2, 0.25) is 0 Å². The van der Waals surface area contributed by atoms with Gasteiger partial charge in [0.1, 0.15) is 11.3 Å². The van der Waals surface area contributed by atoms with Crippen LogP contribution in [0.3, 0.4) is 0 Å². The molecule has 3 rings (SSSR count). The Morgan fingerprint density at radius 2 is 2.33 bits per heavy atom. The lowest BCUT2D eigenvalue weighted by molar-refractivity contribution is -0.114. The lowest BCUT2D eigenvalue weighted by Crippen LogP contribution is -2.29. The van der Waals surface area contributed by atoms with Gasteiger partial charge in [-0.25, -0.2) is 14.4 Å². The van der Waals surface area contributed by atoms with E-state index in [1.54, 1.807) is 29.6 Å². The highest BCUT2D eigenvalue weighted by atomic mass is 32.1. The van der Waals surface area contributed by atoms with Crippen LogP contribution in [0.5, 0.6) is 0 Å². The smallest absolute Gasteiger partial charge is 0.245 e. The van der Waals surface area contributed by atoms with E-state index in [2.05, 4.69) is 15.3 Å². The molecule has 0 aliphatic heterocycles. The number of fused-ring (bicyclic) bond motifs is 1. The first-order valence-electron chi connectivity index (χ1n) is 6.09. The van der Waals surface area contributed by atoms with Gasteiger partial charge in [0.25, 0.3) is 0 Å². The first kappa shape index (κ1) is 13.9. The second-order valence-electron chi connectivity index (χ2n) is 4.32. The molecule has 0 atom stereocenters. The summed E-state index contributed by atoms with van der Waals surface area (Å²) >= 11 is 2.71. The molecule has 108 valence electrons. The Morgan fingerprint density at radius 3 is 3.05 bits per heavy atom. The molecule has 0 bridgehead atoms. The topological polar surface area (TPSA) is 58.1 Å². The highest BCUT2D eigenvalue weighted by Crippen LogP contribution is 2.29. The molecule has 21 heavy (non-hydrogen) atoms. The van der Waals surface area contributed by atoms with E-state index >= 15 is 0 Å². The molecule has 0 saturated heterocycles. The lowest BCUT2D eigenvalue weighted by atomic mass is 10.3. The summed E-state index contributed by atoms with van der Waals surface area (Å²) in [6, 6.07) is 4.83. The molecule has 5 nitrogen and oxygen atoms in total. The largest absolute Gasteiger partial charge is 0.342 e. The van der Waals surface area contributed by atoms with E-state index in [4.69, 9.17) is 0 Å². The number of carbonyl (C=O) groups is 1. The molecule has 1 amide bonds. The minimum Gasteiger partial charge on any atom is -0.342 e. The van der Waals surface area contributed by atoms with Crippen molar-refractivity contribution in [2.75, 3.05) is 23.8 Å². The van der Waals surface area contributed by atoms with Crippen LogP contribution in [0.1, 0.15) is 0 Å². The van der Waals surface area contributed by atoms with Gasteiger partial charge in [0, 0.05) is 18.6 Å². The van der Waals surface area contributed by atoms with E-state index in [1.807, 2.05) is 6.07 Å². The van der Waals surface area contributed by atoms with Gasteiger partial charge in [-0.05, 0) is 12.1 Å². The van der Waals surface area contributed by atoms with E-state index in [0.29, 0.717) is 15.8 Å². The number of para-hydroxylation sites is 1. The fourth-order valence-corrected chi connectivity index (χ4v) is 3.28. The molecule has 0 aliphatic rings.